The number of aromatic nitrogens is 2. The monoisotopic (exact) mass is 304 g/mol. The minimum Gasteiger partial charge on any atom is -0.367 e. The average molecular weight is 304 g/mol. The zero-order valence-corrected chi connectivity index (χ0v) is 12.0. The van der Waals surface area contributed by atoms with Crippen molar-refractivity contribution >= 4 is 5.69 Å². The molecule has 3 saturated carbocycles. The molecule has 0 saturated heterocycles. The number of alkyl halides is 3. The molecule has 1 heterocycles. The molecule has 4 rings (SSSR count). The highest BCUT2D eigenvalue weighted by Gasteiger charge is 2.67. The largest absolute Gasteiger partial charge is 0.522 e. The Bertz CT molecular complexity index is 522. The third-order valence-corrected chi connectivity index (χ3v) is 4.65. The number of likely N-dealkylation sites (N-methyl/N-ethyl adjacent to an activating group) is 1. The summed E-state index contributed by atoms with van der Waals surface area (Å²) in [5, 5.41) is 4.35. The maximum Gasteiger partial charge on any atom is 0.522 e. The van der Waals surface area contributed by atoms with Gasteiger partial charge in [0.05, 0.1) is 24.0 Å². The Labute approximate surface area is 120 Å². The van der Waals surface area contributed by atoms with Crippen LogP contribution in [0.3, 0.4) is 0 Å². The first-order valence-corrected chi connectivity index (χ1v) is 6.90. The van der Waals surface area contributed by atoms with Gasteiger partial charge in [-0.1, -0.05) is 0 Å². The van der Waals surface area contributed by atoms with Crippen LogP contribution in [0.15, 0.2) is 12.4 Å². The lowest BCUT2D eigenvalue weighted by Gasteiger charge is -2.68. The van der Waals surface area contributed by atoms with Gasteiger partial charge in [0.2, 0.25) is 0 Å². The summed E-state index contributed by atoms with van der Waals surface area (Å²) in [6, 6.07) is -0.404. The van der Waals surface area contributed by atoms with Crippen molar-refractivity contribution in [2.24, 2.45) is 5.73 Å². The molecule has 3 aliphatic carbocycles. The summed E-state index contributed by atoms with van der Waals surface area (Å²) < 4.78 is 42.0. The molecule has 0 amide bonds. The van der Waals surface area contributed by atoms with E-state index in [0.29, 0.717) is 0 Å². The molecule has 0 radical (unpaired) electrons. The normalized spacial score (nSPS) is 32.3. The Balaban J connectivity index is 1.61. The van der Waals surface area contributed by atoms with Gasteiger partial charge in [0, 0.05) is 24.8 Å². The zero-order chi connectivity index (χ0) is 15.5. The van der Waals surface area contributed by atoms with E-state index in [2.05, 4.69) is 9.84 Å². The van der Waals surface area contributed by atoms with Crippen molar-refractivity contribution in [2.75, 3.05) is 18.6 Å². The van der Waals surface area contributed by atoms with Crippen LogP contribution < -0.4 is 10.6 Å². The van der Waals surface area contributed by atoms with Crippen LogP contribution in [0.25, 0.3) is 0 Å². The first kappa shape index (κ1) is 14.6. The molecule has 8 heteroatoms. The number of nitrogens with two attached hydrogens (primary N) is 1. The fourth-order valence-corrected chi connectivity index (χ4v) is 3.39. The lowest BCUT2D eigenvalue weighted by molar-refractivity contribution is -0.325. The van der Waals surface area contributed by atoms with Crippen molar-refractivity contribution in [3.63, 3.8) is 0 Å². The summed E-state index contributed by atoms with van der Waals surface area (Å²) in [5.41, 5.74) is 6.85. The Hall–Kier alpha value is -1.28. The van der Waals surface area contributed by atoms with E-state index in [-0.39, 0.29) is 11.1 Å². The fourth-order valence-electron chi connectivity index (χ4n) is 3.39. The van der Waals surface area contributed by atoms with Gasteiger partial charge in [0.15, 0.2) is 0 Å². The highest BCUT2D eigenvalue weighted by atomic mass is 19.4. The molecule has 118 valence electrons. The van der Waals surface area contributed by atoms with E-state index in [1.54, 1.807) is 25.1 Å². The molecule has 0 unspecified atom stereocenters. The Morgan fingerprint density at radius 1 is 1.48 bits per heavy atom. The first-order chi connectivity index (χ1) is 9.63. The number of hydrogen-bond acceptors (Lipinski definition) is 4. The number of halogens is 3. The van der Waals surface area contributed by atoms with Crippen LogP contribution in [0, 0.1) is 0 Å². The van der Waals surface area contributed by atoms with Gasteiger partial charge in [0.25, 0.3) is 0 Å². The molecule has 3 aliphatic rings. The molecule has 1 atom stereocenters. The number of anilines is 1. The summed E-state index contributed by atoms with van der Waals surface area (Å²) >= 11 is 0. The lowest BCUT2D eigenvalue weighted by atomic mass is 9.45. The van der Waals surface area contributed by atoms with E-state index in [4.69, 9.17) is 5.73 Å². The van der Waals surface area contributed by atoms with Crippen molar-refractivity contribution in [1.82, 2.24) is 9.78 Å². The number of rotatable bonds is 5. The molecule has 21 heavy (non-hydrogen) atoms. The Kier molecular flexibility index (Phi) is 3.04. The SMILES string of the molecule is C[C@@H](COC(F)(F)F)N(C)c1cnn(C23CC(N)(C2)C3)c1. The highest BCUT2D eigenvalue weighted by Crippen LogP contribution is 2.63. The van der Waals surface area contributed by atoms with Crippen LogP contribution in [0.2, 0.25) is 0 Å². The van der Waals surface area contributed by atoms with E-state index >= 15 is 0 Å². The first-order valence-electron chi connectivity index (χ1n) is 6.90. The van der Waals surface area contributed by atoms with Crippen LogP contribution in [-0.4, -0.2) is 41.4 Å². The van der Waals surface area contributed by atoms with Gasteiger partial charge in [-0.25, -0.2) is 0 Å². The van der Waals surface area contributed by atoms with Gasteiger partial charge in [-0.2, -0.15) is 5.10 Å². The summed E-state index contributed by atoms with van der Waals surface area (Å²) in [7, 11) is 1.73. The van der Waals surface area contributed by atoms with Crippen LogP contribution in [0.1, 0.15) is 26.2 Å². The standard InChI is InChI=1S/C13H19F3N4O/c1-9(5-21-13(14,15)16)19(2)10-3-18-20(4-10)12-6-11(17,7-12)8-12/h3-4,9H,5-8,17H2,1-2H3/t9-,11?,12?/m0/s1. The van der Waals surface area contributed by atoms with E-state index in [1.165, 1.54) is 0 Å². The summed E-state index contributed by atoms with van der Waals surface area (Å²) in [4.78, 5) is 1.74. The molecule has 2 N–H and O–H groups in total. The fraction of sp³-hybridized carbons (Fsp3) is 0.769. The number of nitrogens with zero attached hydrogens (tertiary/aromatic N) is 3. The maximum atomic E-state index is 12.1. The third-order valence-electron chi connectivity index (χ3n) is 4.65. The predicted molar refractivity (Wildman–Crippen MR) is 70.8 cm³/mol. The van der Waals surface area contributed by atoms with Crippen LogP contribution in [-0.2, 0) is 10.3 Å². The van der Waals surface area contributed by atoms with Gasteiger partial charge in [-0.15, -0.1) is 13.2 Å². The molecule has 1 aromatic heterocycles. The van der Waals surface area contributed by atoms with Gasteiger partial charge in [-0.05, 0) is 26.2 Å². The van der Waals surface area contributed by atoms with Crippen molar-refractivity contribution in [3.8, 4) is 0 Å². The predicted octanol–water partition coefficient (Wildman–Crippen LogP) is 1.83. The van der Waals surface area contributed by atoms with Gasteiger partial charge in [0.1, 0.15) is 0 Å². The molecule has 0 aromatic carbocycles. The summed E-state index contributed by atoms with van der Waals surface area (Å²) in [5.74, 6) is 0. The Morgan fingerprint density at radius 2 is 2.10 bits per heavy atom. The summed E-state index contributed by atoms with van der Waals surface area (Å²) in [6.07, 6.45) is 1.74. The number of hydrogen-bond donors (Lipinski definition) is 1. The molecular formula is C13H19F3N4O. The molecule has 0 spiro atoms. The van der Waals surface area contributed by atoms with Gasteiger partial charge >= 0.3 is 6.36 Å². The van der Waals surface area contributed by atoms with Crippen molar-refractivity contribution in [2.45, 2.75) is 49.7 Å². The van der Waals surface area contributed by atoms with Crippen LogP contribution in [0.4, 0.5) is 18.9 Å². The molecule has 5 nitrogen and oxygen atoms in total. The zero-order valence-electron chi connectivity index (χ0n) is 12.0. The smallest absolute Gasteiger partial charge is 0.367 e. The van der Waals surface area contributed by atoms with E-state index in [1.807, 2.05) is 10.9 Å². The van der Waals surface area contributed by atoms with Crippen LogP contribution in [0.5, 0.6) is 0 Å². The molecule has 0 aliphatic heterocycles. The minimum atomic E-state index is -4.60. The molecule has 2 bridgehead atoms. The molecule has 3 fully saturated rings. The van der Waals surface area contributed by atoms with Crippen LogP contribution >= 0.6 is 0 Å². The average Bonchev–Trinajstić information content (AvgIpc) is 2.78. The molecular weight excluding hydrogens is 285 g/mol. The third kappa shape index (κ3) is 2.50. The van der Waals surface area contributed by atoms with E-state index < -0.39 is 19.0 Å². The van der Waals surface area contributed by atoms with Crippen molar-refractivity contribution in [1.29, 1.82) is 0 Å². The minimum absolute atomic E-state index is 0.00808. The van der Waals surface area contributed by atoms with E-state index in [0.717, 1.165) is 24.9 Å². The highest BCUT2D eigenvalue weighted by molar-refractivity contribution is 5.43. The Morgan fingerprint density at radius 3 is 2.62 bits per heavy atom. The van der Waals surface area contributed by atoms with Crippen molar-refractivity contribution < 1.29 is 17.9 Å². The topological polar surface area (TPSA) is 56.3 Å². The number of ether oxygens (including phenoxy) is 1. The second kappa shape index (κ2) is 4.36. The molecule has 1 aromatic rings. The quantitative estimate of drug-likeness (QED) is 0.902. The maximum absolute atomic E-state index is 12.1. The summed E-state index contributed by atoms with van der Waals surface area (Å²) in [6.45, 7) is 1.27. The second-order valence-corrected chi connectivity index (χ2v) is 6.48. The van der Waals surface area contributed by atoms with E-state index in [9.17, 15) is 13.2 Å². The lowest BCUT2D eigenvalue weighted by Crippen LogP contribution is -2.76. The van der Waals surface area contributed by atoms with Crippen molar-refractivity contribution in [3.05, 3.63) is 12.4 Å². The second-order valence-electron chi connectivity index (χ2n) is 6.48. The van der Waals surface area contributed by atoms with Gasteiger partial charge < -0.3 is 10.6 Å². The van der Waals surface area contributed by atoms with Gasteiger partial charge in [-0.3, -0.25) is 9.42 Å².